The van der Waals surface area contributed by atoms with Crippen LogP contribution in [0.25, 0.3) is 0 Å². The molecule has 1 atom stereocenters. The molecule has 166 valence electrons. The van der Waals surface area contributed by atoms with Gasteiger partial charge < -0.3 is 9.47 Å². The van der Waals surface area contributed by atoms with Crippen molar-refractivity contribution in [3.8, 4) is 0 Å². The van der Waals surface area contributed by atoms with E-state index in [1.807, 2.05) is 65.7 Å². The van der Waals surface area contributed by atoms with Gasteiger partial charge in [-0.2, -0.15) is 5.06 Å². The monoisotopic (exact) mass is 429 g/mol. The highest BCUT2D eigenvalue weighted by Gasteiger charge is 2.41. The Balaban J connectivity index is 1.49. The summed E-state index contributed by atoms with van der Waals surface area (Å²) in [5.74, 6) is -0.762. The molecule has 4 heteroatoms. The molecule has 0 spiro atoms. The van der Waals surface area contributed by atoms with E-state index in [0.717, 1.165) is 29.5 Å². The molecule has 1 aliphatic rings. The third kappa shape index (κ3) is 6.15. The lowest BCUT2D eigenvalue weighted by Crippen LogP contribution is -2.54. The number of piperidine rings is 1. The van der Waals surface area contributed by atoms with Crippen molar-refractivity contribution < 1.29 is 14.3 Å². The van der Waals surface area contributed by atoms with Crippen molar-refractivity contribution in [3.05, 3.63) is 120 Å². The fraction of sp³-hybridized carbons (Fsp3) is 0.286. The lowest BCUT2D eigenvalue weighted by Gasteiger charge is -2.44. The van der Waals surface area contributed by atoms with E-state index in [1.165, 1.54) is 0 Å². The molecule has 1 unspecified atom stereocenters. The molecular formula is C28H31NO3. The van der Waals surface area contributed by atoms with Crippen LogP contribution < -0.4 is 0 Å². The van der Waals surface area contributed by atoms with Crippen molar-refractivity contribution in [2.75, 3.05) is 6.54 Å². The Morgan fingerprint density at radius 2 is 1.22 bits per heavy atom. The molecular weight excluding hydrogens is 398 g/mol. The van der Waals surface area contributed by atoms with Crippen molar-refractivity contribution in [1.82, 2.24) is 5.06 Å². The smallest absolute Gasteiger partial charge is 0.184 e. The average molecular weight is 430 g/mol. The van der Waals surface area contributed by atoms with Gasteiger partial charge in [0.1, 0.15) is 0 Å². The fourth-order valence-electron chi connectivity index (χ4n) is 3.91. The molecule has 0 amide bonds. The summed E-state index contributed by atoms with van der Waals surface area (Å²) in [5, 5.41) is 1.97. The van der Waals surface area contributed by atoms with E-state index < -0.39 is 5.79 Å². The van der Waals surface area contributed by atoms with Crippen LogP contribution in [0.3, 0.4) is 0 Å². The number of rotatable bonds is 10. The number of hydrogen-bond acceptors (Lipinski definition) is 4. The Kier molecular flexibility index (Phi) is 7.86. The van der Waals surface area contributed by atoms with Gasteiger partial charge in [-0.3, -0.25) is 4.84 Å². The highest BCUT2D eigenvalue weighted by atomic mass is 16.7. The summed E-state index contributed by atoms with van der Waals surface area (Å²) >= 11 is 0. The number of hydroxylamine groups is 2. The van der Waals surface area contributed by atoms with Gasteiger partial charge in [0, 0.05) is 6.42 Å². The van der Waals surface area contributed by atoms with Crippen LogP contribution in [0.15, 0.2) is 104 Å². The first-order chi connectivity index (χ1) is 15.8. The topological polar surface area (TPSA) is 30.9 Å². The highest BCUT2D eigenvalue weighted by Crippen LogP contribution is 2.33. The van der Waals surface area contributed by atoms with Crippen LogP contribution in [0.4, 0.5) is 0 Å². The minimum absolute atomic E-state index is 0.118. The zero-order valence-electron chi connectivity index (χ0n) is 18.4. The van der Waals surface area contributed by atoms with Crippen LogP contribution in [-0.4, -0.2) is 23.4 Å². The van der Waals surface area contributed by atoms with Gasteiger partial charge >= 0.3 is 0 Å². The van der Waals surface area contributed by atoms with Crippen molar-refractivity contribution in [2.45, 2.75) is 44.5 Å². The van der Waals surface area contributed by atoms with Crippen molar-refractivity contribution >= 4 is 0 Å². The van der Waals surface area contributed by atoms with Crippen molar-refractivity contribution in [2.24, 2.45) is 0 Å². The SMILES string of the molecule is C=CC1CCC(OCc2ccccc2)(OCc2ccccc2)CN1OCc1ccccc1. The summed E-state index contributed by atoms with van der Waals surface area (Å²) in [6.07, 6.45) is 3.57. The molecule has 1 saturated heterocycles. The van der Waals surface area contributed by atoms with E-state index in [1.54, 1.807) is 0 Å². The van der Waals surface area contributed by atoms with Crippen LogP contribution in [-0.2, 0) is 34.1 Å². The zero-order chi connectivity index (χ0) is 22.1. The predicted octanol–water partition coefficient (Wildman–Crippen LogP) is 5.90. The summed E-state index contributed by atoms with van der Waals surface area (Å²) in [7, 11) is 0. The van der Waals surface area contributed by atoms with Gasteiger partial charge in [-0.05, 0) is 23.1 Å². The molecule has 1 heterocycles. The summed E-state index contributed by atoms with van der Waals surface area (Å²) in [4.78, 5) is 6.23. The molecule has 4 nitrogen and oxygen atoms in total. The molecule has 0 saturated carbocycles. The Morgan fingerprint density at radius 1 is 0.750 bits per heavy atom. The normalized spacial score (nSPS) is 18.3. The van der Waals surface area contributed by atoms with Gasteiger partial charge in [0.15, 0.2) is 5.79 Å². The third-order valence-electron chi connectivity index (χ3n) is 5.79. The molecule has 0 aliphatic carbocycles. The van der Waals surface area contributed by atoms with E-state index in [4.69, 9.17) is 14.3 Å². The predicted molar refractivity (Wildman–Crippen MR) is 126 cm³/mol. The molecule has 1 fully saturated rings. The fourth-order valence-corrected chi connectivity index (χ4v) is 3.91. The molecule has 3 aromatic rings. The number of ether oxygens (including phenoxy) is 2. The van der Waals surface area contributed by atoms with Gasteiger partial charge in [-0.1, -0.05) is 97.1 Å². The Labute approximate surface area is 191 Å². The van der Waals surface area contributed by atoms with Crippen LogP contribution in [0.2, 0.25) is 0 Å². The molecule has 0 aromatic heterocycles. The summed E-state index contributed by atoms with van der Waals surface area (Å²) < 4.78 is 13.0. The highest BCUT2D eigenvalue weighted by molar-refractivity contribution is 5.15. The van der Waals surface area contributed by atoms with Crippen molar-refractivity contribution in [3.63, 3.8) is 0 Å². The maximum Gasteiger partial charge on any atom is 0.184 e. The largest absolute Gasteiger partial charge is 0.344 e. The van der Waals surface area contributed by atoms with Gasteiger partial charge in [0.05, 0.1) is 32.4 Å². The quantitative estimate of drug-likeness (QED) is 0.297. The molecule has 0 radical (unpaired) electrons. The van der Waals surface area contributed by atoms with Crippen LogP contribution in [0.5, 0.6) is 0 Å². The summed E-state index contributed by atoms with van der Waals surface area (Å²) in [6.45, 7) is 6.00. The van der Waals surface area contributed by atoms with E-state index in [2.05, 4.69) is 43.0 Å². The van der Waals surface area contributed by atoms with Gasteiger partial charge in [-0.25, -0.2) is 0 Å². The molecule has 1 aliphatic heterocycles. The van der Waals surface area contributed by atoms with Crippen molar-refractivity contribution in [1.29, 1.82) is 0 Å². The second-order valence-electron chi connectivity index (χ2n) is 8.14. The first-order valence-electron chi connectivity index (χ1n) is 11.2. The standard InChI is InChI=1S/C28H31NO3/c1-2-27-18-19-28(30-20-24-12-6-3-7-13-24,31-21-25-14-8-4-9-15-25)23-29(27)32-22-26-16-10-5-11-17-26/h2-17,27H,1,18-23H2. The molecule has 0 N–H and O–H groups in total. The lowest BCUT2D eigenvalue weighted by molar-refractivity contribution is -0.323. The molecule has 3 aromatic carbocycles. The molecule has 0 bridgehead atoms. The number of nitrogens with zero attached hydrogens (tertiary/aromatic N) is 1. The van der Waals surface area contributed by atoms with E-state index in [9.17, 15) is 0 Å². The van der Waals surface area contributed by atoms with Gasteiger partial charge in [0.2, 0.25) is 0 Å². The summed E-state index contributed by atoms with van der Waals surface area (Å²) in [5.41, 5.74) is 3.37. The number of benzene rings is 3. The Morgan fingerprint density at radius 3 is 1.69 bits per heavy atom. The number of hydrogen-bond donors (Lipinski definition) is 0. The first-order valence-corrected chi connectivity index (χ1v) is 11.2. The second-order valence-corrected chi connectivity index (χ2v) is 8.14. The minimum Gasteiger partial charge on any atom is -0.344 e. The van der Waals surface area contributed by atoms with Gasteiger partial charge in [-0.15, -0.1) is 6.58 Å². The first kappa shape index (κ1) is 22.4. The zero-order valence-corrected chi connectivity index (χ0v) is 18.4. The third-order valence-corrected chi connectivity index (χ3v) is 5.79. The van der Waals surface area contributed by atoms with E-state index >= 15 is 0 Å². The van der Waals surface area contributed by atoms with Gasteiger partial charge in [0.25, 0.3) is 0 Å². The Bertz CT molecular complexity index is 903. The molecule has 4 rings (SSSR count). The second kappa shape index (κ2) is 11.2. The van der Waals surface area contributed by atoms with E-state index in [0.29, 0.717) is 26.4 Å². The van der Waals surface area contributed by atoms with E-state index in [-0.39, 0.29) is 6.04 Å². The van der Waals surface area contributed by atoms with Crippen LogP contribution in [0, 0.1) is 0 Å². The maximum absolute atomic E-state index is 6.48. The summed E-state index contributed by atoms with van der Waals surface area (Å²) in [6, 6.07) is 30.7. The van der Waals surface area contributed by atoms with Crippen LogP contribution >= 0.6 is 0 Å². The lowest BCUT2D eigenvalue weighted by atomic mass is 9.98. The minimum atomic E-state index is -0.762. The molecule has 32 heavy (non-hydrogen) atoms. The average Bonchev–Trinajstić information content (AvgIpc) is 2.87. The van der Waals surface area contributed by atoms with Crippen LogP contribution in [0.1, 0.15) is 29.5 Å². The maximum atomic E-state index is 6.48. The Hall–Kier alpha value is -2.76.